The smallest absolute Gasteiger partial charge is 0.143 e. The van der Waals surface area contributed by atoms with Gasteiger partial charge in [0, 0.05) is 11.8 Å². The van der Waals surface area contributed by atoms with Gasteiger partial charge < -0.3 is 0 Å². The van der Waals surface area contributed by atoms with Gasteiger partial charge in [-0.05, 0) is 34.5 Å². The predicted octanol–water partition coefficient (Wildman–Crippen LogP) is 4.47. The monoisotopic (exact) mass is 281 g/mol. The van der Waals surface area contributed by atoms with Gasteiger partial charge in [0.25, 0.3) is 0 Å². The van der Waals surface area contributed by atoms with Crippen molar-refractivity contribution in [2.75, 3.05) is 0 Å². The molecule has 1 heterocycles. The van der Waals surface area contributed by atoms with Gasteiger partial charge in [-0.2, -0.15) is 0 Å². The first-order valence-electron chi connectivity index (χ1n) is 4.55. The highest BCUT2D eigenvalue weighted by atomic mass is 79.9. The Morgan fingerprint density at radius 2 is 1.80 bits per heavy atom. The van der Waals surface area contributed by atoms with Gasteiger partial charge >= 0.3 is 0 Å². The van der Waals surface area contributed by atoms with E-state index >= 15 is 0 Å². The van der Waals surface area contributed by atoms with Gasteiger partial charge in [-0.1, -0.05) is 41.4 Å². The highest BCUT2D eigenvalue weighted by Gasteiger charge is 2.06. The maximum Gasteiger partial charge on any atom is 0.143 e. The van der Waals surface area contributed by atoms with Crippen molar-refractivity contribution in [2.24, 2.45) is 0 Å². The molecule has 2 rings (SSSR count). The SMILES string of the molecule is Cc1ccc(-c2ccnc(Cl)c2Br)cc1. The third-order valence-corrected chi connectivity index (χ3v) is 3.53. The van der Waals surface area contributed by atoms with E-state index in [0.29, 0.717) is 5.15 Å². The fourth-order valence-corrected chi connectivity index (χ4v) is 2.00. The molecular formula is C12H9BrClN. The first-order chi connectivity index (χ1) is 7.18. The highest BCUT2D eigenvalue weighted by molar-refractivity contribution is 9.10. The zero-order valence-corrected chi connectivity index (χ0v) is 10.5. The molecule has 0 aliphatic heterocycles. The molecule has 0 saturated heterocycles. The molecule has 0 aliphatic rings. The molecule has 3 heteroatoms. The van der Waals surface area contributed by atoms with E-state index in [1.54, 1.807) is 6.20 Å². The minimum Gasteiger partial charge on any atom is -0.243 e. The van der Waals surface area contributed by atoms with E-state index in [1.807, 2.05) is 6.07 Å². The second-order valence-electron chi connectivity index (χ2n) is 3.33. The van der Waals surface area contributed by atoms with Gasteiger partial charge in [0.1, 0.15) is 5.15 Å². The van der Waals surface area contributed by atoms with Crippen LogP contribution in [0.25, 0.3) is 11.1 Å². The molecule has 0 radical (unpaired) electrons. The fourth-order valence-electron chi connectivity index (χ4n) is 1.37. The van der Waals surface area contributed by atoms with Crippen LogP contribution >= 0.6 is 27.5 Å². The zero-order valence-electron chi connectivity index (χ0n) is 8.17. The lowest BCUT2D eigenvalue weighted by Gasteiger charge is -2.05. The summed E-state index contributed by atoms with van der Waals surface area (Å²) in [5.41, 5.74) is 3.45. The number of aryl methyl sites for hydroxylation is 1. The Kier molecular flexibility index (Phi) is 3.08. The van der Waals surface area contributed by atoms with Crippen molar-refractivity contribution < 1.29 is 0 Å². The number of benzene rings is 1. The van der Waals surface area contributed by atoms with Gasteiger partial charge in [-0.25, -0.2) is 4.98 Å². The number of pyridine rings is 1. The van der Waals surface area contributed by atoms with Crippen molar-refractivity contribution in [2.45, 2.75) is 6.92 Å². The van der Waals surface area contributed by atoms with Crippen LogP contribution in [0.4, 0.5) is 0 Å². The standard InChI is InChI=1S/C12H9BrClN/c1-8-2-4-9(5-3-8)10-6-7-15-12(14)11(10)13/h2-7H,1H3. The van der Waals surface area contributed by atoms with E-state index in [2.05, 4.69) is 52.1 Å². The van der Waals surface area contributed by atoms with Gasteiger partial charge in [0.15, 0.2) is 0 Å². The van der Waals surface area contributed by atoms with E-state index in [4.69, 9.17) is 11.6 Å². The van der Waals surface area contributed by atoms with Crippen LogP contribution in [0.15, 0.2) is 41.0 Å². The fraction of sp³-hybridized carbons (Fsp3) is 0.0833. The lowest BCUT2D eigenvalue weighted by Crippen LogP contribution is -1.83. The van der Waals surface area contributed by atoms with Gasteiger partial charge in [0.05, 0.1) is 4.47 Å². The minimum atomic E-state index is 0.494. The van der Waals surface area contributed by atoms with Gasteiger partial charge in [-0.3, -0.25) is 0 Å². The molecule has 0 bridgehead atoms. The summed E-state index contributed by atoms with van der Waals surface area (Å²) >= 11 is 9.38. The summed E-state index contributed by atoms with van der Waals surface area (Å²) < 4.78 is 0.843. The summed E-state index contributed by atoms with van der Waals surface area (Å²) in [5, 5.41) is 0.494. The summed E-state index contributed by atoms with van der Waals surface area (Å²) in [5.74, 6) is 0. The summed E-state index contributed by atoms with van der Waals surface area (Å²) in [7, 11) is 0. The Hall–Kier alpha value is -0.860. The van der Waals surface area contributed by atoms with Crippen LogP contribution in [0.5, 0.6) is 0 Å². The molecule has 1 aromatic carbocycles. The van der Waals surface area contributed by atoms with Crippen LogP contribution in [0, 0.1) is 6.92 Å². The number of aromatic nitrogens is 1. The summed E-state index contributed by atoms with van der Waals surface area (Å²) in [6.45, 7) is 2.07. The van der Waals surface area contributed by atoms with E-state index in [-0.39, 0.29) is 0 Å². The van der Waals surface area contributed by atoms with Crippen LogP contribution in [-0.2, 0) is 0 Å². The van der Waals surface area contributed by atoms with Gasteiger partial charge in [0.2, 0.25) is 0 Å². The molecule has 0 saturated carbocycles. The van der Waals surface area contributed by atoms with E-state index in [1.165, 1.54) is 5.56 Å². The lowest BCUT2D eigenvalue weighted by molar-refractivity contribution is 1.31. The molecule has 1 aromatic heterocycles. The average Bonchev–Trinajstić information content (AvgIpc) is 2.24. The van der Waals surface area contributed by atoms with Crippen LogP contribution in [-0.4, -0.2) is 4.98 Å². The van der Waals surface area contributed by atoms with Crippen molar-refractivity contribution >= 4 is 27.5 Å². The number of halogens is 2. The lowest BCUT2D eigenvalue weighted by atomic mass is 10.1. The Bertz CT molecular complexity index is 479. The molecule has 0 amide bonds. The number of rotatable bonds is 1. The molecule has 0 atom stereocenters. The third-order valence-electron chi connectivity index (χ3n) is 2.21. The first kappa shape index (κ1) is 10.7. The highest BCUT2D eigenvalue weighted by Crippen LogP contribution is 2.32. The van der Waals surface area contributed by atoms with Crippen molar-refractivity contribution in [3.05, 3.63) is 51.7 Å². The van der Waals surface area contributed by atoms with Crippen molar-refractivity contribution in [3.63, 3.8) is 0 Å². The van der Waals surface area contributed by atoms with E-state index in [0.717, 1.165) is 15.6 Å². The largest absolute Gasteiger partial charge is 0.243 e. The van der Waals surface area contributed by atoms with Crippen LogP contribution in [0.1, 0.15) is 5.56 Å². The zero-order chi connectivity index (χ0) is 10.8. The molecule has 0 unspecified atom stereocenters. The van der Waals surface area contributed by atoms with Crippen LogP contribution in [0.3, 0.4) is 0 Å². The second kappa shape index (κ2) is 4.33. The molecule has 0 fully saturated rings. The summed E-state index contributed by atoms with van der Waals surface area (Å²) in [6.07, 6.45) is 1.71. The van der Waals surface area contributed by atoms with Crippen molar-refractivity contribution in [1.29, 1.82) is 0 Å². The maximum atomic E-state index is 5.94. The summed E-state index contributed by atoms with van der Waals surface area (Å²) in [6, 6.07) is 10.3. The number of hydrogen-bond donors (Lipinski definition) is 0. The third kappa shape index (κ3) is 2.21. The molecule has 15 heavy (non-hydrogen) atoms. The molecule has 0 spiro atoms. The van der Waals surface area contributed by atoms with Crippen LogP contribution in [0.2, 0.25) is 5.15 Å². The average molecular weight is 283 g/mol. The van der Waals surface area contributed by atoms with Crippen LogP contribution < -0.4 is 0 Å². The molecule has 0 N–H and O–H groups in total. The Morgan fingerprint density at radius 3 is 2.47 bits per heavy atom. The molecular weight excluding hydrogens is 273 g/mol. The number of hydrogen-bond acceptors (Lipinski definition) is 1. The summed E-state index contributed by atoms with van der Waals surface area (Å²) in [4.78, 5) is 4.00. The minimum absolute atomic E-state index is 0.494. The Balaban J connectivity index is 2.54. The topological polar surface area (TPSA) is 12.9 Å². The Morgan fingerprint density at radius 1 is 1.13 bits per heavy atom. The first-order valence-corrected chi connectivity index (χ1v) is 5.72. The normalized spacial score (nSPS) is 10.3. The maximum absolute atomic E-state index is 5.94. The quantitative estimate of drug-likeness (QED) is 0.703. The number of nitrogens with zero attached hydrogens (tertiary/aromatic N) is 1. The van der Waals surface area contributed by atoms with Gasteiger partial charge in [-0.15, -0.1) is 0 Å². The molecule has 76 valence electrons. The second-order valence-corrected chi connectivity index (χ2v) is 4.48. The van der Waals surface area contributed by atoms with E-state index < -0.39 is 0 Å². The predicted molar refractivity (Wildman–Crippen MR) is 67.1 cm³/mol. The molecule has 1 nitrogen and oxygen atoms in total. The van der Waals surface area contributed by atoms with Crippen molar-refractivity contribution in [1.82, 2.24) is 4.98 Å². The molecule has 2 aromatic rings. The van der Waals surface area contributed by atoms with Crippen molar-refractivity contribution in [3.8, 4) is 11.1 Å². The van der Waals surface area contributed by atoms with E-state index in [9.17, 15) is 0 Å². The molecule has 0 aliphatic carbocycles. The Labute approximate surface area is 102 Å².